The number of hydrogen-bond acceptors (Lipinski definition) is 7. The molecule has 1 saturated heterocycles. The molecule has 0 unspecified atom stereocenters. The molecule has 9 heteroatoms. The lowest BCUT2D eigenvalue weighted by Crippen LogP contribution is -2.27. The van der Waals surface area contributed by atoms with Crippen molar-refractivity contribution < 1.29 is 23.7 Å². The first kappa shape index (κ1) is 24.0. The van der Waals surface area contributed by atoms with Crippen molar-refractivity contribution in [3.8, 4) is 23.0 Å². The number of thioether (sulfide) groups is 1. The predicted octanol–water partition coefficient (Wildman–Crippen LogP) is 6.40. The van der Waals surface area contributed by atoms with Gasteiger partial charge >= 0.3 is 0 Å². The maximum absolute atomic E-state index is 13.3. The van der Waals surface area contributed by atoms with E-state index in [1.165, 1.54) is 16.7 Å². The molecule has 0 radical (unpaired) electrons. The van der Waals surface area contributed by atoms with Gasteiger partial charge < -0.3 is 18.9 Å². The van der Waals surface area contributed by atoms with Crippen LogP contribution in [0, 0.1) is 3.57 Å². The van der Waals surface area contributed by atoms with E-state index >= 15 is 0 Å². The van der Waals surface area contributed by atoms with Crippen LogP contribution in [0.15, 0.2) is 65.6 Å². The number of fused-ring (bicyclic) bond motifs is 1. The van der Waals surface area contributed by atoms with Crippen molar-refractivity contribution in [3.63, 3.8) is 0 Å². The van der Waals surface area contributed by atoms with E-state index in [1.54, 1.807) is 18.2 Å². The van der Waals surface area contributed by atoms with Crippen LogP contribution in [0.1, 0.15) is 18.1 Å². The highest BCUT2D eigenvalue weighted by Gasteiger charge is 2.34. The Hall–Kier alpha value is -2.76. The van der Waals surface area contributed by atoms with E-state index in [9.17, 15) is 4.79 Å². The molecule has 2 aliphatic heterocycles. The SMILES string of the molecule is CCOc1cc(/C=C2/SC(=S)N(c3ccc4c(c3)OCO4)C2=O)cc(I)c1OCc1ccccc1. The van der Waals surface area contributed by atoms with Crippen LogP contribution in [-0.2, 0) is 11.4 Å². The first-order valence-corrected chi connectivity index (χ1v) is 13.1. The highest BCUT2D eigenvalue weighted by molar-refractivity contribution is 14.1. The molecule has 0 atom stereocenters. The Bertz CT molecular complexity index is 1330. The lowest BCUT2D eigenvalue weighted by molar-refractivity contribution is -0.113. The zero-order chi connectivity index (χ0) is 24.4. The highest BCUT2D eigenvalue weighted by Crippen LogP contribution is 2.42. The Morgan fingerprint density at radius 2 is 1.89 bits per heavy atom. The van der Waals surface area contributed by atoms with Gasteiger partial charge in [0.25, 0.3) is 5.91 Å². The van der Waals surface area contributed by atoms with E-state index < -0.39 is 0 Å². The van der Waals surface area contributed by atoms with E-state index in [0.29, 0.717) is 51.1 Å². The number of amides is 1. The van der Waals surface area contributed by atoms with Crippen LogP contribution in [0.4, 0.5) is 5.69 Å². The standard InChI is InChI=1S/C26H20INO5S2/c1-2-30-22-11-17(10-19(27)24(22)31-14-16-6-4-3-5-7-16)12-23-25(29)28(26(34)35-23)18-8-9-20-21(13-18)33-15-32-20/h3-13H,2,14-15H2,1H3/b23-12+. The van der Waals surface area contributed by atoms with Crippen LogP contribution in [0.25, 0.3) is 6.08 Å². The first-order valence-electron chi connectivity index (χ1n) is 10.8. The molecule has 2 aliphatic rings. The second-order valence-electron chi connectivity index (χ2n) is 7.59. The Morgan fingerprint density at radius 3 is 2.69 bits per heavy atom. The molecular formula is C26H20INO5S2. The fourth-order valence-electron chi connectivity index (χ4n) is 3.67. The number of halogens is 1. The summed E-state index contributed by atoms with van der Waals surface area (Å²) in [5, 5.41) is 0. The molecule has 5 rings (SSSR count). The van der Waals surface area contributed by atoms with Gasteiger partial charge in [-0.25, -0.2) is 0 Å². The summed E-state index contributed by atoms with van der Waals surface area (Å²) in [5.74, 6) is 2.38. The largest absolute Gasteiger partial charge is 0.490 e. The predicted molar refractivity (Wildman–Crippen MR) is 149 cm³/mol. The first-order chi connectivity index (χ1) is 17.0. The topological polar surface area (TPSA) is 57.2 Å². The van der Waals surface area contributed by atoms with Crippen LogP contribution in [-0.4, -0.2) is 23.6 Å². The van der Waals surface area contributed by atoms with Gasteiger partial charge in [-0.2, -0.15) is 0 Å². The molecule has 35 heavy (non-hydrogen) atoms. The van der Waals surface area contributed by atoms with Crippen LogP contribution in [0.5, 0.6) is 23.0 Å². The van der Waals surface area contributed by atoms with Crippen molar-refractivity contribution in [2.45, 2.75) is 13.5 Å². The van der Waals surface area contributed by atoms with E-state index in [2.05, 4.69) is 22.6 Å². The molecule has 0 aromatic heterocycles. The molecule has 0 N–H and O–H groups in total. The summed E-state index contributed by atoms with van der Waals surface area (Å²) in [6.07, 6.45) is 1.83. The van der Waals surface area contributed by atoms with Gasteiger partial charge in [-0.1, -0.05) is 54.3 Å². The van der Waals surface area contributed by atoms with Crippen LogP contribution in [0.2, 0.25) is 0 Å². The van der Waals surface area contributed by atoms with Crippen LogP contribution >= 0.6 is 46.6 Å². The normalized spacial score (nSPS) is 15.7. The number of thiocarbonyl (C=S) groups is 1. The minimum atomic E-state index is -0.184. The highest BCUT2D eigenvalue weighted by atomic mass is 127. The number of anilines is 1. The van der Waals surface area contributed by atoms with E-state index in [0.717, 1.165) is 14.7 Å². The Balaban J connectivity index is 1.40. The van der Waals surface area contributed by atoms with Gasteiger partial charge in [0.2, 0.25) is 6.79 Å². The van der Waals surface area contributed by atoms with E-state index in [-0.39, 0.29) is 12.7 Å². The quantitative estimate of drug-likeness (QED) is 0.173. The minimum Gasteiger partial charge on any atom is -0.490 e. The fraction of sp³-hybridized carbons (Fsp3) is 0.154. The third-order valence-corrected chi connectivity index (χ3v) is 7.37. The number of ether oxygens (including phenoxy) is 4. The molecule has 1 amide bonds. The molecule has 0 bridgehead atoms. The van der Waals surface area contributed by atoms with Gasteiger partial charge in [0.1, 0.15) is 6.61 Å². The summed E-state index contributed by atoms with van der Waals surface area (Å²) >= 11 is 9.02. The number of carbonyl (C=O) groups excluding carboxylic acids is 1. The molecule has 0 spiro atoms. The van der Waals surface area contributed by atoms with Gasteiger partial charge in [-0.05, 0) is 71.0 Å². The second kappa shape index (κ2) is 10.5. The lowest BCUT2D eigenvalue weighted by atomic mass is 10.1. The van der Waals surface area contributed by atoms with Gasteiger partial charge in [0, 0.05) is 6.07 Å². The average Bonchev–Trinajstić information content (AvgIpc) is 3.42. The summed E-state index contributed by atoms with van der Waals surface area (Å²) in [5.41, 5.74) is 2.55. The summed E-state index contributed by atoms with van der Waals surface area (Å²) in [6.45, 7) is 3.03. The maximum atomic E-state index is 13.3. The third-order valence-electron chi connectivity index (χ3n) is 5.26. The zero-order valence-corrected chi connectivity index (χ0v) is 22.4. The number of benzene rings is 3. The molecule has 3 aromatic carbocycles. The maximum Gasteiger partial charge on any atom is 0.270 e. The summed E-state index contributed by atoms with van der Waals surface area (Å²) in [7, 11) is 0. The van der Waals surface area contributed by atoms with Crippen LogP contribution < -0.4 is 23.8 Å². The Morgan fingerprint density at radius 1 is 1.09 bits per heavy atom. The molecule has 6 nitrogen and oxygen atoms in total. The minimum absolute atomic E-state index is 0.170. The van der Waals surface area contributed by atoms with Gasteiger partial charge in [-0.15, -0.1) is 0 Å². The third kappa shape index (κ3) is 5.12. The summed E-state index contributed by atoms with van der Waals surface area (Å²) in [4.78, 5) is 15.3. The monoisotopic (exact) mass is 617 g/mol. The van der Waals surface area contributed by atoms with Gasteiger partial charge in [-0.3, -0.25) is 9.69 Å². The molecule has 0 saturated carbocycles. The molecule has 1 fully saturated rings. The molecule has 3 aromatic rings. The van der Waals surface area contributed by atoms with Gasteiger partial charge in [0.15, 0.2) is 27.3 Å². The molecule has 2 heterocycles. The van der Waals surface area contributed by atoms with E-state index in [1.807, 2.05) is 55.5 Å². The number of carbonyl (C=O) groups is 1. The smallest absolute Gasteiger partial charge is 0.270 e. The van der Waals surface area contributed by atoms with Crippen molar-refractivity contribution in [3.05, 3.63) is 80.3 Å². The number of hydrogen-bond donors (Lipinski definition) is 0. The molecular weight excluding hydrogens is 597 g/mol. The molecule has 0 aliphatic carbocycles. The Kier molecular flexibility index (Phi) is 7.17. The number of nitrogens with zero attached hydrogens (tertiary/aromatic N) is 1. The van der Waals surface area contributed by atoms with Crippen molar-refractivity contribution in [1.82, 2.24) is 0 Å². The fourth-order valence-corrected chi connectivity index (χ4v) is 5.75. The van der Waals surface area contributed by atoms with Crippen molar-refractivity contribution in [2.75, 3.05) is 18.3 Å². The molecule has 178 valence electrons. The second-order valence-corrected chi connectivity index (χ2v) is 10.4. The van der Waals surface area contributed by atoms with Gasteiger partial charge in [0.05, 0.1) is 20.8 Å². The average molecular weight is 617 g/mol. The van der Waals surface area contributed by atoms with Crippen LogP contribution in [0.3, 0.4) is 0 Å². The summed E-state index contributed by atoms with van der Waals surface area (Å²) < 4.78 is 24.2. The zero-order valence-electron chi connectivity index (χ0n) is 18.7. The van der Waals surface area contributed by atoms with E-state index in [4.69, 9.17) is 31.2 Å². The lowest BCUT2D eigenvalue weighted by Gasteiger charge is -2.15. The summed E-state index contributed by atoms with van der Waals surface area (Å²) in [6, 6.07) is 19.2. The number of rotatable bonds is 7. The van der Waals surface area contributed by atoms with Crippen molar-refractivity contribution in [2.24, 2.45) is 0 Å². The van der Waals surface area contributed by atoms with Crippen molar-refractivity contribution in [1.29, 1.82) is 0 Å². The van der Waals surface area contributed by atoms with Crippen molar-refractivity contribution >= 4 is 68.6 Å². The Labute approximate surface area is 226 Å².